The van der Waals surface area contributed by atoms with Gasteiger partial charge in [0.05, 0.1) is 0 Å². The van der Waals surface area contributed by atoms with Gasteiger partial charge in [-0.3, -0.25) is 0 Å². The first-order chi connectivity index (χ1) is 7.37. The Bertz CT molecular complexity index is 273. The second-order valence-electron chi connectivity index (χ2n) is 4.60. The fourth-order valence-corrected chi connectivity index (χ4v) is 3.67. The molecule has 0 aromatic carbocycles. The van der Waals surface area contributed by atoms with Crippen LogP contribution in [0.4, 0.5) is 0 Å². The van der Waals surface area contributed by atoms with Crippen LogP contribution in [0.15, 0.2) is 17.5 Å². The van der Waals surface area contributed by atoms with Crippen LogP contribution in [-0.2, 0) is 5.41 Å². The second kappa shape index (κ2) is 5.13. The van der Waals surface area contributed by atoms with E-state index in [-0.39, 0.29) is 0 Å². The minimum absolute atomic E-state index is 0.461. The van der Waals surface area contributed by atoms with Gasteiger partial charge in [0.15, 0.2) is 0 Å². The van der Waals surface area contributed by atoms with Crippen molar-refractivity contribution in [3.05, 3.63) is 22.4 Å². The van der Waals surface area contributed by atoms with Crippen LogP contribution in [0, 0.1) is 0 Å². The van der Waals surface area contributed by atoms with E-state index in [4.69, 9.17) is 0 Å². The minimum Gasteiger partial charge on any atom is -0.316 e. The molecule has 0 bridgehead atoms. The molecule has 1 aromatic heterocycles. The Hall–Kier alpha value is -0.340. The van der Waals surface area contributed by atoms with E-state index in [9.17, 15) is 0 Å². The van der Waals surface area contributed by atoms with Gasteiger partial charge in [-0.15, -0.1) is 11.3 Å². The zero-order valence-corrected chi connectivity index (χ0v) is 10.4. The van der Waals surface area contributed by atoms with Crippen LogP contribution in [0.3, 0.4) is 0 Å². The normalized spacial score (nSPS) is 20.3. The van der Waals surface area contributed by atoms with E-state index in [2.05, 4.69) is 29.8 Å². The van der Waals surface area contributed by atoms with Crippen molar-refractivity contribution in [1.82, 2.24) is 5.32 Å². The Morgan fingerprint density at radius 2 is 2.13 bits per heavy atom. The van der Waals surface area contributed by atoms with Crippen molar-refractivity contribution in [1.29, 1.82) is 0 Å². The van der Waals surface area contributed by atoms with E-state index in [1.165, 1.54) is 38.6 Å². The summed E-state index contributed by atoms with van der Waals surface area (Å²) in [6.07, 6.45) is 6.99. The molecule has 84 valence electrons. The standard InChI is InChI=1S/C13H21NS/c1-2-14-11-13(8-4-3-5-9-13)12-7-6-10-15-12/h6-7,10,14H,2-5,8-9,11H2,1H3. The maximum absolute atomic E-state index is 3.55. The molecular formula is C13H21NS. The molecule has 1 heterocycles. The van der Waals surface area contributed by atoms with Crippen LogP contribution in [0.2, 0.25) is 0 Å². The average Bonchev–Trinajstić information content (AvgIpc) is 2.82. The molecule has 1 aliphatic carbocycles. The predicted molar refractivity (Wildman–Crippen MR) is 67.6 cm³/mol. The lowest BCUT2D eigenvalue weighted by Gasteiger charge is -2.36. The molecule has 1 saturated carbocycles. The molecule has 1 fully saturated rings. The van der Waals surface area contributed by atoms with Gasteiger partial charge in [0, 0.05) is 16.8 Å². The summed E-state index contributed by atoms with van der Waals surface area (Å²) in [4.78, 5) is 1.60. The van der Waals surface area contributed by atoms with E-state index in [0.717, 1.165) is 6.54 Å². The summed E-state index contributed by atoms with van der Waals surface area (Å²) in [7, 11) is 0. The van der Waals surface area contributed by atoms with Gasteiger partial charge in [-0.05, 0) is 30.8 Å². The second-order valence-corrected chi connectivity index (χ2v) is 5.55. The lowest BCUT2D eigenvalue weighted by Crippen LogP contribution is -2.39. The van der Waals surface area contributed by atoms with Crippen LogP contribution < -0.4 is 5.32 Å². The van der Waals surface area contributed by atoms with Crippen LogP contribution in [0.5, 0.6) is 0 Å². The van der Waals surface area contributed by atoms with Gasteiger partial charge >= 0.3 is 0 Å². The number of nitrogens with one attached hydrogen (secondary N) is 1. The molecule has 1 aromatic rings. The average molecular weight is 223 g/mol. The smallest absolute Gasteiger partial charge is 0.0172 e. The predicted octanol–water partition coefficient (Wildman–Crippen LogP) is 3.56. The zero-order valence-electron chi connectivity index (χ0n) is 9.59. The number of hydrogen-bond acceptors (Lipinski definition) is 2. The van der Waals surface area contributed by atoms with Crippen molar-refractivity contribution in [3.8, 4) is 0 Å². The molecular weight excluding hydrogens is 202 g/mol. The fraction of sp³-hybridized carbons (Fsp3) is 0.692. The molecule has 1 nitrogen and oxygen atoms in total. The highest BCUT2D eigenvalue weighted by Crippen LogP contribution is 2.40. The van der Waals surface area contributed by atoms with Gasteiger partial charge in [0.25, 0.3) is 0 Å². The summed E-state index contributed by atoms with van der Waals surface area (Å²) in [6, 6.07) is 4.52. The molecule has 1 aliphatic rings. The molecule has 0 unspecified atom stereocenters. The molecule has 1 N–H and O–H groups in total. The van der Waals surface area contributed by atoms with Gasteiger partial charge in [-0.1, -0.05) is 32.3 Å². The Morgan fingerprint density at radius 3 is 2.73 bits per heavy atom. The van der Waals surface area contributed by atoms with Crippen molar-refractivity contribution >= 4 is 11.3 Å². The summed E-state index contributed by atoms with van der Waals surface area (Å²) in [5.74, 6) is 0. The highest BCUT2D eigenvalue weighted by atomic mass is 32.1. The van der Waals surface area contributed by atoms with Crippen molar-refractivity contribution in [2.45, 2.75) is 44.4 Å². The lowest BCUT2D eigenvalue weighted by atomic mass is 9.73. The number of rotatable bonds is 4. The third-order valence-electron chi connectivity index (χ3n) is 3.57. The number of thiophene rings is 1. The molecule has 0 aliphatic heterocycles. The minimum atomic E-state index is 0.461. The van der Waals surface area contributed by atoms with Crippen molar-refractivity contribution in [3.63, 3.8) is 0 Å². The summed E-state index contributed by atoms with van der Waals surface area (Å²) in [6.45, 7) is 4.46. The largest absolute Gasteiger partial charge is 0.316 e. The van der Waals surface area contributed by atoms with E-state index in [0.29, 0.717) is 5.41 Å². The van der Waals surface area contributed by atoms with Crippen LogP contribution >= 0.6 is 11.3 Å². The van der Waals surface area contributed by atoms with Crippen LogP contribution in [0.1, 0.15) is 43.9 Å². The molecule has 2 heteroatoms. The van der Waals surface area contributed by atoms with Gasteiger partial charge in [0.2, 0.25) is 0 Å². The maximum atomic E-state index is 3.55. The zero-order chi connectivity index (χ0) is 10.6. The van der Waals surface area contributed by atoms with Gasteiger partial charge in [-0.25, -0.2) is 0 Å². The quantitative estimate of drug-likeness (QED) is 0.823. The van der Waals surface area contributed by atoms with Crippen LogP contribution in [-0.4, -0.2) is 13.1 Å². The van der Waals surface area contributed by atoms with E-state index in [1.807, 2.05) is 11.3 Å². The van der Waals surface area contributed by atoms with Crippen molar-refractivity contribution < 1.29 is 0 Å². The summed E-state index contributed by atoms with van der Waals surface area (Å²) in [5.41, 5.74) is 0.461. The van der Waals surface area contributed by atoms with Gasteiger partial charge in [0.1, 0.15) is 0 Å². The highest BCUT2D eigenvalue weighted by molar-refractivity contribution is 7.10. The van der Waals surface area contributed by atoms with E-state index < -0.39 is 0 Å². The third kappa shape index (κ3) is 2.43. The highest BCUT2D eigenvalue weighted by Gasteiger charge is 2.33. The number of likely N-dealkylation sites (N-methyl/N-ethyl adjacent to an activating group) is 1. The molecule has 0 saturated heterocycles. The first-order valence-electron chi connectivity index (χ1n) is 6.12. The Kier molecular flexibility index (Phi) is 3.81. The molecule has 2 rings (SSSR count). The van der Waals surface area contributed by atoms with Gasteiger partial charge < -0.3 is 5.32 Å². The van der Waals surface area contributed by atoms with Crippen molar-refractivity contribution in [2.75, 3.05) is 13.1 Å². The lowest BCUT2D eigenvalue weighted by molar-refractivity contribution is 0.287. The van der Waals surface area contributed by atoms with Crippen molar-refractivity contribution in [2.24, 2.45) is 0 Å². The number of hydrogen-bond donors (Lipinski definition) is 1. The van der Waals surface area contributed by atoms with E-state index >= 15 is 0 Å². The first kappa shape index (κ1) is 11.2. The summed E-state index contributed by atoms with van der Waals surface area (Å²) >= 11 is 1.94. The monoisotopic (exact) mass is 223 g/mol. The SMILES string of the molecule is CCNCC1(c2cccs2)CCCCC1. The summed E-state index contributed by atoms with van der Waals surface area (Å²) in [5, 5.41) is 5.77. The van der Waals surface area contributed by atoms with E-state index in [1.54, 1.807) is 4.88 Å². The van der Waals surface area contributed by atoms with Crippen LogP contribution in [0.25, 0.3) is 0 Å². The molecule has 0 radical (unpaired) electrons. The molecule has 0 amide bonds. The topological polar surface area (TPSA) is 12.0 Å². The Morgan fingerprint density at radius 1 is 1.33 bits per heavy atom. The Balaban J connectivity index is 2.14. The molecule has 0 atom stereocenters. The fourth-order valence-electron chi connectivity index (χ4n) is 2.68. The Labute approximate surface area is 96.9 Å². The maximum Gasteiger partial charge on any atom is 0.0172 e. The van der Waals surface area contributed by atoms with Gasteiger partial charge in [-0.2, -0.15) is 0 Å². The third-order valence-corrected chi connectivity index (χ3v) is 4.68. The first-order valence-corrected chi connectivity index (χ1v) is 7.00. The molecule has 15 heavy (non-hydrogen) atoms. The molecule has 0 spiro atoms. The summed E-state index contributed by atoms with van der Waals surface area (Å²) < 4.78 is 0.